The Kier molecular flexibility index (Phi) is 8.16. The van der Waals surface area contributed by atoms with E-state index in [1.165, 1.54) is 0 Å². The molecule has 0 fully saturated rings. The van der Waals surface area contributed by atoms with Crippen LogP contribution in [-0.4, -0.2) is 29.9 Å². The number of benzene rings is 2. The molecule has 182 valence electrons. The topological polar surface area (TPSA) is 77.3 Å². The summed E-state index contributed by atoms with van der Waals surface area (Å²) in [5.74, 6) is 0. The largest absolute Gasteiger partial charge is 0.255 e. The molecule has 9 heteroatoms. The maximum absolute atomic E-state index is 4.85. The van der Waals surface area contributed by atoms with Gasteiger partial charge in [-0.2, -0.15) is 0 Å². The van der Waals surface area contributed by atoms with Gasteiger partial charge in [-0.15, -0.1) is 0 Å². The van der Waals surface area contributed by atoms with Crippen LogP contribution in [0.5, 0.6) is 0 Å². The SMILES string of the molecule is [Cl][Ru][Cl].c1ccc(-c2ccccn2)nc1.c1ccc2nc3c4cccnc4c4ncccc4c3nc2c1. The molecule has 5 aromatic heterocycles. The molecule has 0 aliphatic rings. The fraction of sp³-hybridized carbons (Fsp3) is 0. The predicted molar refractivity (Wildman–Crippen MR) is 147 cm³/mol. The van der Waals surface area contributed by atoms with E-state index in [0.29, 0.717) is 0 Å². The fourth-order valence-corrected chi connectivity index (χ4v) is 3.97. The second-order valence-corrected chi connectivity index (χ2v) is 10.3. The van der Waals surface area contributed by atoms with Gasteiger partial charge in [-0.25, -0.2) is 9.97 Å². The average molecular weight is 610 g/mol. The first-order chi connectivity index (χ1) is 18.3. The molecule has 0 saturated carbocycles. The van der Waals surface area contributed by atoms with Crippen molar-refractivity contribution in [2.75, 3.05) is 0 Å². The third-order valence-corrected chi connectivity index (χ3v) is 5.51. The molecule has 0 amide bonds. The number of hydrogen-bond acceptors (Lipinski definition) is 6. The number of para-hydroxylation sites is 2. The molecule has 7 rings (SSSR count). The van der Waals surface area contributed by atoms with Crippen molar-refractivity contribution in [3.8, 4) is 11.4 Å². The third kappa shape index (κ3) is 5.54. The molecule has 0 N–H and O–H groups in total. The van der Waals surface area contributed by atoms with E-state index in [9.17, 15) is 0 Å². The van der Waals surface area contributed by atoms with Crippen LogP contribution in [0.4, 0.5) is 0 Å². The van der Waals surface area contributed by atoms with Gasteiger partial charge >= 0.3 is 34.5 Å². The molecule has 5 heterocycles. The van der Waals surface area contributed by atoms with Crippen LogP contribution in [-0.2, 0) is 15.1 Å². The molecule has 0 unspecified atom stereocenters. The van der Waals surface area contributed by atoms with E-state index in [1.807, 2.05) is 84.9 Å². The van der Waals surface area contributed by atoms with Crippen LogP contribution in [0.15, 0.2) is 110 Å². The number of hydrogen-bond donors (Lipinski definition) is 0. The van der Waals surface area contributed by atoms with E-state index in [4.69, 9.17) is 29.4 Å². The molecule has 0 aliphatic heterocycles. The first kappa shape index (κ1) is 25.0. The van der Waals surface area contributed by atoms with Crippen molar-refractivity contribution in [2.45, 2.75) is 0 Å². The van der Waals surface area contributed by atoms with Crippen LogP contribution >= 0.6 is 19.4 Å². The molecule has 7 aromatic rings. The molecule has 37 heavy (non-hydrogen) atoms. The summed E-state index contributed by atoms with van der Waals surface area (Å²) in [6.45, 7) is 0. The minimum Gasteiger partial charge on any atom is -0.255 e. The van der Waals surface area contributed by atoms with Gasteiger partial charge in [-0.1, -0.05) is 24.3 Å². The van der Waals surface area contributed by atoms with Crippen molar-refractivity contribution >= 4 is 63.3 Å². The number of nitrogens with zero attached hydrogens (tertiary/aromatic N) is 6. The van der Waals surface area contributed by atoms with Gasteiger partial charge < -0.3 is 0 Å². The molecule has 0 aliphatic carbocycles. The summed E-state index contributed by atoms with van der Waals surface area (Å²) >= 11 is -0.346. The number of fused-ring (bicyclic) bond motifs is 7. The molecule has 0 radical (unpaired) electrons. The summed E-state index contributed by atoms with van der Waals surface area (Å²) in [4.78, 5) is 27.0. The van der Waals surface area contributed by atoms with Crippen molar-refractivity contribution in [3.05, 3.63) is 110 Å². The van der Waals surface area contributed by atoms with E-state index in [0.717, 1.165) is 55.3 Å². The molecule has 0 spiro atoms. The van der Waals surface area contributed by atoms with E-state index in [1.54, 1.807) is 24.8 Å². The first-order valence-corrected chi connectivity index (χ1v) is 15.6. The van der Waals surface area contributed by atoms with E-state index < -0.39 is 0 Å². The zero-order chi connectivity index (χ0) is 25.5. The molecule has 0 atom stereocenters. The van der Waals surface area contributed by atoms with Crippen molar-refractivity contribution in [3.63, 3.8) is 0 Å². The maximum Gasteiger partial charge on any atom is 0.0996 e. The summed E-state index contributed by atoms with van der Waals surface area (Å²) in [5.41, 5.74) is 7.11. The number of aromatic nitrogens is 6. The van der Waals surface area contributed by atoms with Gasteiger partial charge in [0.25, 0.3) is 0 Å². The summed E-state index contributed by atoms with van der Waals surface area (Å²) in [6, 6.07) is 27.4. The Morgan fingerprint density at radius 2 is 0.838 bits per heavy atom. The monoisotopic (exact) mass is 610 g/mol. The summed E-state index contributed by atoms with van der Waals surface area (Å²) in [5, 5.41) is 1.98. The van der Waals surface area contributed by atoms with Crippen LogP contribution in [0.25, 0.3) is 55.3 Å². The Morgan fingerprint density at radius 3 is 1.24 bits per heavy atom. The second kappa shape index (κ2) is 12.1. The van der Waals surface area contributed by atoms with Gasteiger partial charge in [-0.3, -0.25) is 19.9 Å². The van der Waals surface area contributed by atoms with Crippen LogP contribution in [0.2, 0.25) is 0 Å². The van der Waals surface area contributed by atoms with Crippen LogP contribution in [0, 0.1) is 0 Å². The summed E-state index contributed by atoms with van der Waals surface area (Å²) < 4.78 is 0. The zero-order valence-electron chi connectivity index (χ0n) is 19.2. The number of halogens is 2. The summed E-state index contributed by atoms with van der Waals surface area (Å²) in [7, 11) is 9.71. The van der Waals surface area contributed by atoms with Gasteiger partial charge in [0.2, 0.25) is 0 Å². The Balaban J connectivity index is 0.000000158. The minimum atomic E-state index is -0.346. The van der Waals surface area contributed by atoms with Crippen molar-refractivity contribution in [2.24, 2.45) is 0 Å². The molecular formula is C28H18Cl2N6Ru. The first-order valence-electron chi connectivity index (χ1n) is 11.2. The third-order valence-electron chi connectivity index (χ3n) is 5.51. The Morgan fingerprint density at radius 1 is 0.432 bits per heavy atom. The van der Waals surface area contributed by atoms with Gasteiger partial charge in [0.1, 0.15) is 0 Å². The van der Waals surface area contributed by atoms with Gasteiger partial charge in [0, 0.05) is 35.6 Å². The molecular weight excluding hydrogens is 592 g/mol. The van der Waals surface area contributed by atoms with E-state index in [-0.39, 0.29) is 15.1 Å². The van der Waals surface area contributed by atoms with Crippen molar-refractivity contribution in [1.82, 2.24) is 29.9 Å². The number of rotatable bonds is 1. The zero-order valence-corrected chi connectivity index (χ0v) is 22.4. The van der Waals surface area contributed by atoms with E-state index in [2.05, 4.69) is 19.9 Å². The average Bonchev–Trinajstić information content (AvgIpc) is 2.98. The fourth-order valence-electron chi connectivity index (χ4n) is 3.97. The van der Waals surface area contributed by atoms with Gasteiger partial charge in [-0.05, 0) is 60.7 Å². The van der Waals surface area contributed by atoms with Crippen molar-refractivity contribution < 1.29 is 15.1 Å². The van der Waals surface area contributed by atoms with Gasteiger partial charge in [0.15, 0.2) is 0 Å². The summed E-state index contributed by atoms with van der Waals surface area (Å²) in [6.07, 6.45) is 7.11. The second-order valence-electron chi connectivity index (χ2n) is 7.69. The predicted octanol–water partition coefficient (Wildman–Crippen LogP) is 7.40. The minimum absolute atomic E-state index is 0.346. The molecule has 0 bridgehead atoms. The standard InChI is InChI=1S/C18H10N4.C10H8N2.2ClH.Ru/c1-2-8-14-13(7-1)21-17-11-5-3-9-19-15(11)16-12(18(17)22-14)6-4-10-20-16;1-3-7-11-9(5-1)10-6-2-4-8-12-10;;;/h1-10H;1-8H;2*1H;/q;;;;+2/p-2. The van der Waals surface area contributed by atoms with Crippen LogP contribution in [0.3, 0.4) is 0 Å². The normalized spacial score (nSPS) is 10.6. The van der Waals surface area contributed by atoms with Crippen LogP contribution < -0.4 is 0 Å². The molecule has 2 aromatic carbocycles. The Bertz CT molecular complexity index is 1660. The molecule has 0 saturated heterocycles. The van der Waals surface area contributed by atoms with Crippen LogP contribution in [0.1, 0.15) is 0 Å². The quantitative estimate of drug-likeness (QED) is 0.110. The Labute approximate surface area is 228 Å². The van der Waals surface area contributed by atoms with E-state index >= 15 is 0 Å². The maximum atomic E-state index is 4.85. The smallest absolute Gasteiger partial charge is 0.0996 e. The Hall–Kier alpha value is -3.64. The van der Waals surface area contributed by atoms with Crippen molar-refractivity contribution in [1.29, 1.82) is 0 Å². The molecule has 6 nitrogen and oxygen atoms in total. The number of pyridine rings is 4. The van der Waals surface area contributed by atoms with Gasteiger partial charge in [0.05, 0.1) is 44.5 Å².